The van der Waals surface area contributed by atoms with Gasteiger partial charge in [0.2, 0.25) is 0 Å². The number of nitrogens with zero attached hydrogens (tertiary/aromatic N) is 3. The van der Waals surface area contributed by atoms with Crippen LogP contribution in [0.15, 0.2) is 23.3 Å². The van der Waals surface area contributed by atoms with Crippen LogP contribution in [0.1, 0.15) is 46.1 Å². The Morgan fingerprint density at radius 3 is 2.64 bits per heavy atom. The van der Waals surface area contributed by atoms with E-state index < -0.39 is 0 Å². The zero-order chi connectivity index (χ0) is 18.1. The zero-order valence-electron chi connectivity index (χ0n) is 16.1. The van der Waals surface area contributed by atoms with Crippen molar-refractivity contribution < 1.29 is 4.74 Å². The van der Waals surface area contributed by atoms with Gasteiger partial charge in [0.25, 0.3) is 0 Å². The van der Waals surface area contributed by atoms with E-state index in [1.807, 2.05) is 6.20 Å². The molecule has 2 N–H and O–H groups in total. The summed E-state index contributed by atoms with van der Waals surface area (Å²) in [6, 6.07) is 4.18. The summed E-state index contributed by atoms with van der Waals surface area (Å²) in [5.74, 6) is 1.85. The summed E-state index contributed by atoms with van der Waals surface area (Å²) in [6.45, 7) is 13.5. The Bertz CT molecular complexity index is 533. The predicted molar refractivity (Wildman–Crippen MR) is 104 cm³/mol. The van der Waals surface area contributed by atoms with Gasteiger partial charge in [0.1, 0.15) is 5.82 Å². The molecule has 0 aromatic carbocycles. The van der Waals surface area contributed by atoms with Crippen LogP contribution in [0, 0.1) is 0 Å². The van der Waals surface area contributed by atoms with Crippen LogP contribution in [0.2, 0.25) is 0 Å². The minimum atomic E-state index is -0.0802. The smallest absolute Gasteiger partial charge is 0.191 e. The van der Waals surface area contributed by atoms with Gasteiger partial charge in [0.15, 0.2) is 5.96 Å². The van der Waals surface area contributed by atoms with Gasteiger partial charge < -0.3 is 20.3 Å². The molecule has 0 spiro atoms. The van der Waals surface area contributed by atoms with Crippen LogP contribution in [0.4, 0.5) is 5.82 Å². The average molecular weight is 348 g/mol. The van der Waals surface area contributed by atoms with Crippen molar-refractivity contribution in [1.82, 2.24) is 15.6 Å². The highest BCUT2D eigenvalue weighted by atomic mass is 16.5. The van der Waals surface area contributed by atoms with Gasteiger partial charge in [-0.2, -0.15) is 0 Å². The Labute approximate surface area is 152 Å². The van der Waals surface area contributed by atoms with Crippen LogP contribution in [0.5, 0.6) is 0 Å². The van der Waals surface area contributed by atoms with Crippen molar-refractivity contribution in [1.29, 1.82) is 0 Å². The lowest BCUT2D eigenvalue weighted by molar-refractivity contribution is 0.0243. The molecule has 1 aliphatic heterocycles. The fourth-order valence-electron chi connectivity index (χ4n) is 3.00. The Kier molecular flexibility index (Phi) is 7.50. The first-order chi connectivity index (χ1) is 12.1. The van der Waals surface area contributed by atoms with Crippen LogP contribution < -0.4 is 15.5 Å². The number of guanidine groups is 1. The lowest BCUT2D eigenvalue weighted by Crippen LogP contribution is -2.45. The van der Waals surface area contributed by atoms with Crippen molar-refractivity contribution in [3.8, 4) is 0 Å². The van der Waals surface area contributed by atoms with Crippen molar-refractivity contribution >= 4 is 11.8 Å². The van der Waals surface area contributed by atoms with Gasteiger partial charge in [-0.15, -0.1) is 0 Å². The van der Waals surface area contributed by atoms with E-state index >= 15 is 0 Å². The second kappa shape index (κ2) is 9.61. The Morgan fingerprint density at radius 2 is 2.08 bits per heavy atom. The fraction of sp³-hybridized carbons (Fsp3) is 0.684. The van der Waals surface area contributed by atoms with Gasteiger partial charge in [0, 0.05) is 39.0 Å². The van der Waals surface area contributed by atoms with Gasteiger partial charge in [-0.1, -0.05) is 6.07 Å². The third-order valence-electron chi connectivity index (χ3n) is 4.59. The van der Waals surface area contributed by atoms with Gasteiger partial charge >= 0.3 is 0 Å². The summed E-state index contributed by atoms with van der Waals surface area (Å²) < 4.78 is 5.83. The maximum absolute atomic E-state index is 5.83. The summed E-state index contributed by atoms with van der Waals surface area (Å²) >= 11 is 0. The largest absolute Gasteiger partial charge is 0.373 e. The highest BCUT2D eigenvalue weighted by molar-refractivity contribution is 5.79. The van der Waals surface area contributed by atoms with Crippen LogP contribution in [-0.2, 0) is 11.3 Å². The quantitative estimate of drug-likeness (QED) is 0.559. The molecule has 1 aromatic rings. The van der Waals surface area contributed by atoms with E-state index in [4.69, 9.17) is 4.74 Å². The first-order valence-corrected chi connectivity index (χ1v) is 9.46. The maximum Gasteiger partial charge on any atom is 0.191 e. The summed E-state index contributed by atoms with van der Waals surface area (Å²) in [6.07, 6.45) is 4.15. The third-order valence-corrected chi connectivity index (χ3v) is 4.59. The van der Waals surface area contributed by atoms with E-state index in [1.165, 1.54) is 0 Å². The van der Waals surface area contributed by atoms with Gasteiger partial charge in [-0.05, 0) is 52.2 Å². The number of rotatable bonds is 8. The zero-order valence-corrected chi connectivity index (χ0v) is 16.1. The molecule has 0 aliphatic carbocycles. The van der Waals surface area contributed by atoms with Crippen molar-refractivity contribution in [2.75, 3.05) is 37.7 Å². The van der Waals surface area contributed by atoms with Crippen molar-refractivity contribution in [2.24, 2.45) is 4.99 Å². The molecular weight excluding hydrogens is 314 g/mol. The Morgan fingerprint density at radius 1 is 1.28 bits per heavy atom. The maximum atomic E-state index is 5.83. The molecule has 1 atom stereocenters. The van der Waals surface area contributed by atoms with Crippen LogP contribution >= 0.6 is 0 Å². The molecule has 1 aromatic heterocycles. The standard InChI is InChI=1S/C19H33N5O/c1-5-20-18(23-15-19(4)11-8-12-25-19)22-14-16-9-10-17(21-13-16)24(6-2)7-3/h9-10,13H,5-8,11-12,14-15H2,1-4H3,(H2,20,22,23). The van der Waals surface area contributed by atoms with E-state index in [0.717, 1.165) is 63.0 Å². The van der Waals surface area contributed by atoms with Crippen molar-refractivity contribution in [3.05, 3.63) is 23.9 Å². The molecule has 2 rings (SSSR count). The number of hydrogen-bond donors (Lipinski definition) is 2. The summed E-state index contributed by atoms with van der Waals surface area (Å²) in [5.41, 5.74) is 1.03. The summed E-state index contributed by atoms with van der Waals surface area (Å²) in [4.78, 5) is 11.5. The molecule has 6 heteroatoms. The molecule has 2 heterocycles. The molecule has 140 valence electrons. The molecule has 25 heavy (non-hydrogen) atoms. The van der Waals surface area contributed by atoms with Crippen molar-refractivity contribution in [2.45, 2.75) is 52.7 Å². The monoisotopic (exact) mass is 347 g/mol. The second-order valence-corrected chi connectivity index (χ2v) is 6.65. The highest BCUT2D eigenvalue weighted by Crippen LogP contribution is 2.23. The first-order valence-electron chi connectivity index (χ1n) is 9.46. The molecule has 0 bridgehead atoms. The molecule has 6 nitrogen and oxygen atoms in total. The molecule has 1 saturated heterocycles. The minimum absolute atomic E-state index is 0.0802. The number of anilines is 1. The highest BCUT2D eigenvalue weighted by Gasteiger charge is 2.29. The van der Waals surface area contributed by atoms with Crippen LogP contribution in [0.25, 0.3) is 0 Å². The Balaban J connectivity index is 1.93. The molecule has 1 aliphatic rings. The number of pyridine rings is 1. The van der Waals surface area contributed by atoms with E-state index in [1.54, 1.807) is 0 Å². The van der Waals surface area contributed by atoms with E-state index in [9.17, 15) is 0 Å². The average Bonchev–Trinajstić information content (AvgIpc) is 3.06. The van der Waals surface area contributed by atoms with E-state index in [0.29, 0.717) is 6.54 Å². The molecule has 1 unspecified atom stereocenters. The molecule has 1 fully saturated rings. The van der Waals surface area contributed by atoms with E-state index in [2.05, 4.69) is 65.3 Å². The molecule has 0 amide bonds. The number of hydrogen-bond acceptors (Lipinski definition) is 4. The minimum Gasteiger partial charge on any atom is -0.373 e. The van der Waals surface area contributed by atoms with Gasteiger partial charge in [0.05, 0.1) is 12.1 Å². The number of aliphatic imine (C=N–C) groups is 1. The van der Waals surface area contributed by atoms with E-state index in [-0.39, 0.29) is 5.60 Å². The number of aromatic nitrogens is 1. The lowest BCUT2D eigenvalue weighted by Gasteiger charge is -2.24. The third kappa shape index (κ3) is 5.88. The summed E-state index contributed by atoms with van der Waals surface area (Å²) in [7, 11) is 0. The number of nitrogens with one attached hydrogen (secondary N) is 2. The lowest BCUT2D eigenvalue weighted by atomic mass is 10.0. The normalized spacial score (nSPS) is 20.6. The first kappa shape index (κ1) is 19.5. The molecule has 0 radical (unpaired) electrons. The number of ether oxygens (including phenoxy) is 1. The van der Waals surface area contributed by atoms with Crippen LogP contribution in [0.3, 0.4) is 0 Å². The van der Waals surface area contributed by atoms with Crippen LogP contribution in [-0.4, -0.2) is 49.3 Å². The SMILES string of the molecule is CCNC(=NCc1ccc(N(CC)CC)nc1)NCC1(C)CCCO1. The van der Waals surface area contributed by atoms with Crippen molar-refractivity contribution in [3.63, 3.8) is 0 Å². The Hall–Kier alpha value is -1.82. The second-order valence-electron chi connectivity index (χ2n) is 6.65. The fourth-order valence-corrected chi connectivity index (χ4v) is 3.00. The van der Waals surface area contributed by atoms with Gasteiger partial charge in [-0.25, -0.2) is 9.98 Å². The topological polar surface area (TPSA) is 61.8 Å². The molecular formula is C19H33N5O. The summed E-state index contributed by atoms with van der Waals surface area (Å²) in [5, 5.41) is 6.70. The molecule has 0 saturated carbocycles. The van der Waals surface area contributed by atoms with Gasteiger partial charge in [-0.3, -0.25) is 0 Å². The predicted octanol–water partition coefficient (Wildman–Crippen LogP) is 2.55.